The van der Waals surface area contributed by atoms with Gasteiger partial charge in [-0.1, -0.05) is 22.9 Å². The monoisotopic (exact) mass is 305 g/mol. The molecule has 0 fully saturated rings. The maximum atomic E-state index is 5.28. The van der Waals surface area contributed by atoms with Gasteiger partial charge in [-0.05, 0) is 39.8 Å². The van der Waals surface area contributed by atoms with Crippen molar-refractivity contribution in [3.8, 4) is 0 Å². The zero-order valence-corrected chi connectivity index (χ0v) is 14.0. The topological polar surface area (TPSA) is 51.0 Å². The molecule has 2 aromatic rings. The van der Waals surface area contributed by atoms with Gasteiger partial charge >= 0.3 is 0 Å². The van der Waals surface area contributed by atoms with Gasteiger partial charge in [-0.15, -0.1) is 11.8 Å². The SMILES string of the molecule is Cc1cccc(SCc2noc(CCNC(C)(C)C)n2)c1. The van der Waals surface area contributed by atoms with Gasteiger partial charge in [0.2, 0.25) is 5.89 Å². The Morgan fingerprint density at radius 1 is 1.29 bits per heavy atom. The van der Waals surface area contributed by atoms with Gasteiger partial charge in [0.1, 0.15) is 0 Å². The maximum absolute atomic E-state index is 5.28. The lowest BCUT2D eigenvalue weighted by molar-refractivity contribution is 0.359. The number of thioether (sulfide) groups is 1. The molecule has 2 rings (SSSR count). The summed E-state index contributed by atoms with van der Waals surface area (Å²) in [4.78, 5) is 5.66. The number of aromatic nitrogens is 2. The third-order valence-corrected chi connectivity index (χ3v) is 3.85. The Kier molecular flexibility index (Phi) is 5.42. The van der Waals surface area contributed by atoms with Crippen molar-refractivity contribution in [1.82, 2.24) is 15.5 Å². The Bertz CT molecular complexity index is 575. The molecule has 0 aliphatic heterocycles. The molecule has 0 atom stereocenters. The molecule has 0 radical (unpaired) electrons. The summed E-state index contributed by atoms with van der Waals surface area (Å²) in [5.41, 5.74) is 1.38. The van der Waals surface area contributed by atoms with Gasteiger partial charge in [0.25, 0.3) is 0 Å². The fourth-order valence-electron chi connectivity index (χ4n) is 1.85. The van der Waals surface area contributed by atoms with E-state index in [0.717, 1.165) is 24.5 Å². The van der Waals surface area contributed by atoms with E-state index in [9.17, 15) is 0 Å². The maximum Gasteiger partial charge on any atom is 0.227 e. The Labute approximate surface area is 130 Å². The summed E-state index contributed by atoms with van der Waals surface area (Å²) >= 11 is 1.73. The number of hydrogen-bond donors (Lipinski definition) is 1. The Morgan fingerprint density at radius 3 is 2.81 bits per heavy atom. The van der Waals surface area contributed by atoms with Crippen molar-refractivity contribution in [2.24, 2.45) is 0 Å². The van der Waals surface area contributed by atoms with Gasteiger partial charge in [0.15, 0.2) is 5.82 Å². The van der Waals surface area contributed by atoms with Crippen LogP contribution in [0.2, 0.25) is 0 Å². The van der Waals surface area contributed by atoms with Crippen molar-refractivity contribution in [2.45, 2.75) is 50.3 Å². The smallest absolute Gasteiger partial charge is 0.227 e. The van der Waals surface area contributed by atoms with Crippen molar-refractivity contribution in [3.63, 3.8) is 0 Å². The molecular formula is C16H23N3OS. The van der Waals surface area contributed by atoms with Crippen LogP contribution in [0.15, 0.2) is 33.7 Å². The normalized spacial score (nSPS) is 11.8. The number of nitrogens with one attached hydrogen (secondary N) is 1. The van der Waals surface area contributed by atoms with Crippen LogP contribution in [0.3, 0.4) is 0 Å². The second-order valence-electron chi connectivity index (χ2n) is 6.14. The number of rotatable bonds is 6. The largest absolute Gasteiger partial charge is 0.339 e. The molecule has 0 bridgehead atoms. The van der Waals surface area contributed by atoms with Crippen molar-refractivity contribution in [2.75, 3.05) is 6.54 Å². The van der Waals surface area contributed by atoms with E-state index in [-0.39, 0.29) is 5.54 Å². The second-order valence-corrected chi connectivity index (χ2v) is 7.19. The van der Waals surface area contributed by atoms with Gasteiger partial charge < -0.3 is 9.84 Å². The lowest BCUT2D eigenvalue weighted by atomic mass is 10.1. The van der Waals surface area contributed by atoms with Gasteiger partial charge in [0.05, 0.1) is 5.75 Å². The first kappa shape index (κ1) is 16.0. The molecule has 4 nitrogen and oxygen atoms in total. The van der Waals surface area contributed by atoms with Crippen molar-refractivity contribution in [1.29, 1.82) is 0 Å². The summed E-state index contributed by atoms with van der Waals surface area (Å²) in [5.74, 6) is 2.19. The van der Waals surface area contributed by atoms with Crippen LogP contribution in [-0.2, 0) is 12.2 Å². The molecule has 1 aromatic carbocycles. The molecule has 0 saturated heterocycles. The molecule has 0 aliphatic rings. The summed E-state index contributed by atoms with van der Waals surface area (Å²) in [6.07, 6.45) is 0.763. The van der Waals surface area contributed by atoms with E-state index in [4.69, 9.17) is 4.52 Å². The average Bonchev–Trinajstić information content (AvgIpc) is 2.83. The van der Waals surface area contributed by atoms with Crippen LogP contribution < -0.4 is 5.32 Å². The molecule has 0 aliphatic carbocycles. The van der Waals surface area contributed by atoms with Gasteiger partial charge in [-0.2, -0.15) is 4.98 Å². The van der Waals surface area contributed by atoms with Crippen molar-refractivity contribution >= 4 is 11.8 Å². The molecule has 0 spiro atoms. The third kappa shape index (κ3) is 5.89. The molecule has 0 saturated carbocycles. The molecular weight excluding hydrogens is 282 g/mol. The zero-order valence-electron chi connectivity index (χ0n) is 13.1. The lowest BCUT2D eigenvalue weighted by Gasteiger charge is -2.19. The van der Waals surface area contributed by atoms with Crippen molar-refractivity contribution in [3.05, 3.63) is 41.5 Å². The van der Waals surface area contributed by atoms with Gasteiger partial charge in [0, 0.05) is 23.4 Å². The fraction of sp³-hybridized carbons (Fsp3) is 0.500. The minimum atomic E-state index is 0.115. The zero-order chi connectivity index (χ0) is 15.3. The number of nitrogens with zero attached hydrogens (tertiary/aromatic N) is 2. The number of benzene rings is 1. The summed E-state index contributed by atoms with van der Waals surface area (Å²) in [5, 5.41) is 7.44. The van der Waals surface area contributed by atoms with Crippen LogP contribution in [0.1, 0.15) is 38.0 Å². The van der Waals surface area contributed by atoms with E-state index in [1.165, 1.54) is 10.5 Å². The first-order chi connectivity index (χ1) is 9.92. The molecule has 0 amide bonds. The highest BCUT2D eigenvalue weighted by molar-refractivity contribution is 7.98. The molecule has 0 unspecified atom stereocenters. The number of aryl methyl sites for hydroxylation is 1. The van der Waals surface area contributed by atoms with E-state index >= 15 is 0 Å². The van der Waals surface area contributed by atoms with E-state index in [1.54, 1.807) is 11.8 Å². The van der Waals surface area contributed by atoms with Crippen LogP contribution >= 0.6 is 11.8 Å². The standard InChI is InChI=1S/C16H23N3OS/c1-12-6-5-7-13(10-12)21-11-14-18-15(20-19-14)8-9-17-16(2,3)4/h5-7,10,17H,8-9,11H2,1-4H3. The molecule has 1 heterocycles. The van der Waals surface area contributed by atoms with E-state index < -0.39 is 0 Å². The van der Waals surface area contributed by atoms with Crippen LogP contribution in [0.5, 0.6) is 0 Å². The minimum Gasteiger partial charge on any atom is -0.339 e. The summed E-state index contributed by atoms with van der Waals surface area (Å²) in [6.45, 7) is 9.37. The van der Waals surface area contributed by atoms with Crippen LogP contribution in [0.4, 0.5) is 0 Å². The Balaban J connectivity index is 1.80. The molecule has 114 valence electrons. The van der Waals surface area contributed by atoms with Gasteiger partial charge in [-0.25, -0.2) is 0 Å². The predicted molar refractivity (Wildman–Crippen MR) is 86.5 cm³/mol. The first-order valence-electron chi connectivity index (χ1n) is 7.18. The average molecular weight is 305 g/mol. The first-order valence-corrected chi connectivity index (χ1v) is 8.17. The van der Waals surface area contributed by atoms with E-state index in [1.807, 2.05) is 0 Å². The molecule has 1 aromatic heterocycles. The highest BCUT2D eigenvalue weighted by Crippen LogP contribution is 2.22. The summed E-state index contributed by atoms with van der Waals surface area (Å²) in [6, 6.07) is 8.43. The van der Waals surface area contributed by atoms with Crippen LogP contribution in [0.25, 0.3) is 0 Å². The van der Waals surface area contributed by atoms with Crippen LogP contribution in [-0.4, -0.2) is 22.2 Å². The fourth-order valence-corrected chi connectivity index (χ4v) is 2.70. The Hall–Kier alpha value is -1.33. The summed E-state index contributed by atoms with van der Waals surface area (Å²) in [7, 11) is 0. The lowest BCUT2D eigenvalue weighted by Crippen LogP contribution is -2.37. The van der Waals surface area contributed by atoms with E-state index in [2.05, 4.69) is 67.4 Å². The third-order valence-electron chi connectivity index (χ3n) is 2.86. The highest BCUT2D eigenvalue weighted by atomic mass is 32.2. The van der Waals surface area contributed by atoms with E-state index in [0.29, 0.717) is 5.89 Å². The molecule has 5 heteroatoms. The minimum absolute atomic E-state index is 0.115. The molecule has 21 heavy (non-hydrogen) atoms. The number of hydrogen-bond acceptors (Lipinski definition) is 5. The van der Waals surface area contributed by atoms with Crippen LogP contribution in [0, 0.1) is 6.92 Å². The quantitative estimate of drug-likeness (QED) is 0.826. The van der Waals surface area contributed by atoms with Crippen molar-refractivity contribution < 1.29 is 4.52 Å². The Morgan fingerprint density at radius 2 is 2.10 bits per heavy atom. The molecule has 1 N–H and O–H groups in total. The highest BCUT2D eigenvalue weighted by Gasteiger charge is 2.11. The second kappa shape index (κ2) is 7.09. The predicted octanol–water partition coefficient (Wildman–Crippen LogP) is 3.60. The van der Waals surface area contributed by atoms with Gasteiger partial charge in [-0.3, -0.25) is 0 Å². The summed E-state index contributed by atoms with van der Waals surface area (Å²) < 4.78 is 5.28.